The van der Waals surface area contributed by atoms with Crippen LogP contribution in [0.5, 0.6) is 0 Å². The summed E-state index contributed by atoms with van der Waals surface area (Å²) in [4.78, 5) is 9.98. The van der Waals surface area contributed by atoms with Crippen molar-refractivity contribution in [3.63, 3.8) is 0 Å². The van der Waals surface area contributed by atoms with E-state index >= 15 is 0 Å². The van der Waals surface area contributed by atoms with Crippen LogP contribution in [0.15, 0.2) is 24.3 Å². The monoisotopic (exact) mass is 263 g/mol. The van der Waals surface area contributed by atoms with E-state index in [-0.39, 0.29) is 9.97 Å². The first-order valence-corrected chi connectivity index (χ1v) is 4.96. The van der Waals surface area contributed by atoms with Crippen LogP contribution in [-0.4, -0.2) is 9.21 Å². The third-order valence-corrected chi connectivity index (χ3v) is 1.99. The quantitative estimate of drug-likeness (QED) is 0.478. The highest BCUT2D eigenvalue weighted by atomic mass is 79.9. The van der Waals surface area contributed by atoms with Crippen LogP contribution < -0.4 is 0 Å². The lowest BCUT2D eigenvalue weighted by Crippen LogP contribution is -1.95. The molecule has 0 aliphatic carbocycles. The van der Waals surface area contributed by atoms with Gasteiger partial charge in [0.15, 0.2) is 0 Å². The minimum Gasteiger partial charge on any atom is -0.258 e. The molecule has 0 fully saturated rings. The van der Waals surface area contributed by atoms with Crippen molar-refractivity contribution in [2.24, 2.45) is 0 Å². The number of hydrogen-bond acceptors (Lipinski definition) is 2. The second-order valence-electron chi connectivity index (χ2n) is 2.52. The van der Waals surface area contributed by atoms with Gasteiger partial charge >= 0.3 is 0 Å². The molecule has 0 amide bonds. The van der Waals surface area contributed by atoms with E-state index in [1.807, 2.05) is 6.07 Å². The van der Waals surface area contributed by atoms with Gasteiger partial charge in [-0.25, -0.2) is 0 Å². The fraction of sp³-hybridized carbons (Fsp3) is 0.250. The predicted octanol–water partition coefficient (Wildman–Crippen LogP) is 3.10. The summed E-state index contributed by atoms with van der Waals surface area (Å²) < 4.78 is -0.186. The first-order valence-electron chi connectivity index (χ1n) is 3.61. The molecule has 0 aromatic heterocycles. The van der Waals surface area contributed by atoms with Gasteiger partial charge in [0.2, 0.25) is 0 Å². The van der Waals surface area contributed by atoms with E-state index < -0.39 is 4.92 Å². The number of nitro groups is 1. The molecule has 0 saturated carbocycles. The molecular weight excluding hydrogens is 257 g/mol. The standard InChI is InChI=1S/C8H7BrClNO2/c9-8(10)5-6-2-1-3-7(4-6)11(12)13/h1-4,8H,5H2. The summed E-state index contributed by atoms with van der Waals surface area (Å²) in [5.41, 5.74) is 0.952. The maximum absolute atomic E-state index is 10.4. The van der Waals surface area contributed by atoms with Gasteiger partial charge in [0.1, 0.15) is 0 Å². The molecule has 0 radical (unpaired) electrons. The zero-order valence-electron chi connectivity index (χ0n) is 6.61. The first-order chi connectivity index (χ1) is 6.09. The van der Waals surface area contributed by atoms with Crippen molar-refractivity contribution in [1.29, 1.82) is 0 Å². The summed E-state index contributed by atoms with van der Waals surface area (Å²) in [7, 11) is 0. The van der Waals surface area contributed by atoms with Crippen LogP contribution in [0.4, 0.5) is 5.69 Å². The van der Waals surface area contributed by atoms with Gasteiger partial charge < -0.3 is 0 Å². The van der Waals surface area contributed by atoms with Gasteiger partial charge in [0.05, 0.1) is 9.21 Å². The number of benzene rings is 1. The average molecular weight is 265 g/mol. The third kappa shape index (κ3) is 3.32. The number of alkyl halides is 2. The molecule has 1 unspecified atom stereocenters. The highest BCUT2D eigenvalue weighted by Gasteiger charge is 2.07. The molecule has 1 aromatic carbocycles. The van der Waals surface area contributed by atoms with E-state index in [1.54, 1.807) is 6.07 Å². The number of hydrogen-bond donors (Lipinski definition) is 0. The van der Waals surface area contributed by atoms with Crippen LogP contribution in [0.3, 0.4) is 0 Å². The molecule has 0 N–H and O–H groups in total. The van der Waals surface area contributed by atoms with E-state index in [4.69, 9.17) is 11.6 Å². The van der Waals surface area contributed by atoms with Crippen molar-refractivity contribution >= 4 is 33.2 Å². The van der Waals surface area contributed by atoms with Crippen molar-refractivity contribution in [1.82, 2.24) is 0 Å². The molecule has 70 valence electrons. The Labute approximate surface area is 89.0 Å². The fourth-order valence-electron chi connectivity index (χ4n) is 0.975. The van der Waals surface area contributed by atoms with Crippen LogP contribution in [0, 0.1) is 10.1 Å². The molecule has 13 heavy (non-hydrogen) atoms. The molecule has 0 aliphatic rings. The van der Waals surface area contributed by atoms with E-state index in [1.165, 1.54) is 12.1 Å². The van der Waals surface area contributed by atoms with Gasteiger partial charge in [-0.1, -0.05) is 28.1 Å². The summed E-state index contributed by atoms with van der Waals surface area (Å²) in [6, 6.07) is 6.45. The Hall–Kier alpha value is -0.610. The SMILES string of the molecule is O=[N+]([O-])c1cccc(CC(Cl)Br)c1. The lowest BCUT2D eigenvalue weighted by Gasteiger charge is -2.00. The smallest absolute Gasteiger partial charge is 0.258 e. The summed E-state index contributed by atoms with van der Waals surface area (Å²) in [6.45, 7) is 0. The number of nitro benzene ring substituents is 1. The fourth-order valence-corrected chi connectivity index (χ4v) is 1.53. The number of nitrogens with zero attached hydrogens (tertiary/aromatic N) is 1. The topological polar surface area (TPSA) is 43.1 Å². The van der Waals surface area contributed by atoms with E-state index in [9.17, 15) is 10.1 Å². The van der Waals surface area contributed by atoms with E-state index in [2.05, 4.69) is 15.9 Å². The molecule has 1 rings (SSSR count). The maximum Gasteiger partial charge on any atom is 0.269 e. The Kier molecular flexibility index (Phi) is 3.69. The second kappa shape index (κ2) is 4.58. The van der Waals surface area contributed by atoms with E-state index in [0.29, 0.717) is 6.42 Å². The highest BCUT2D eigenvalue weighted by molar-refractivity contribution is 9.10. The van der Waals surface area contributed by atoms with Crippen molar-refractivity contribution in [2.75, 3.05) is 0 Å². The molecule has 0 bridgehead atoms. The zero-order valence-corrected chi connectivity index (χ0v) is 8.96. The molecule has 0 spiro atoms. The molecular formula is C8H7BrClNO2. The minimum atomic E-state index is -0.416. The third-order valence-electron chi connectivity index (χ3n) is 1.51. The first kappa shape index (κ1) is 10.5. The Morgan fingerprint density at radius 2 is 2.31 bits per heavy atom. The molecule has 0 aliphatic heterocycles. The second-order valence-corrected chi connectivity index (χ2v) is 4.68. The van der Waals surface area contributed by atoms with Crippen LogP contribution in [0.25, 0.3) is 0 Å². The lowest BCUT2D eigenvalue weighted by molar-refractivity contribution is -0.384. The molecule has 5 heteroatoms. The molecule has 0 heterocycles. The highest BCUT2D eigenvalue weighted by Crippen LogP contribution is 2.18. The normalized spacial score (nSPS) is 12.5. The van der Waals surface area contributed by atoms with E-state index in [0.717, 1.165) is 5.56 Å². The van der Waals surface area contributed by atoms with Gasteiger partial charge in [-0.15, -0.1) is 11.6 Å². The van der Waals surface area contributed by atoms with Crippen molar-refractivity contribution in [3.8, 4) is 0 Å². The van der Waals surface area contributed by atoms with Crippen molar-refractivity contribution < 1.29 is 4.92 Å². The largest absolute Gasteiger partial charge is 0.269 e. The Balaban J connectivity index is 2.85. The maximum atomic E-state index is 10.4. The molecule has 0 saturated heterocycles. The molecule has 1 aromatic rings. The predicted molar refractivity (Wildman–Crippen MR) is 55.4 cm³/mol. The van der Waals surface area contributed by atoms with Gasteiger partial charge in [-0.3, -0.25) is 10.1 Å². The minimum absolute atomic E-state index is 0.0994. The zero-order chi connectivity index (χ0) is 9.84. The molecule has 1 atom stereocenters. The number of non-ortho nitro benzene ring substituents is 1. The summed E-state index contributed by atoms with van der Waals surface area (Å²) in [6.07, 6.45) is 0.573. The van der Waals surface area contributed by atoms with Gasteiger partial charge in [0.25, 0.3) is 5.69 Å². The van der Waals surface area contributed by atoms with Crippen LogP contribution in [0.2, 0.25) is 0 Å². The van der Waals surface area contributed by atoms with Gasteiger partial charge in [-0.2, -0.15) is 0 Å². The van der Waals surface area contributed by atoms with Crippen molar-refractivity contribution in [2.45, 2.75) is 10.7 Å². The summed E-state index contributed by atoms with van der Waals surface area (Å²) >= 11 is 8.86. The van der Waals surface area contributed by atoms with Crippen molar-refractivity contribution in [3.05, 3.63) is 39.9 Å². The molecule has 3 nitrogen and oxygen atoms in total. The average Bonchev–Trinajstić information content (AvgIpc) is 2.03. The van der Waals surface area contributed by atoms with Crippen LogP contribution >= 0.6 is 27.5 Å². The summed E-state index contributed by atoms with van der Waals surface area (Å²) in [5, 5.41) is 10.4. The van der Waals surface area contributed by atoms with Gasteiger partial charge in [-0.05, 0) is 12.0 Å². The van der Waals surface area contributed by atoms with Gasteiger partial charge in [0, 0.05) is 12.1 Å². The number of rotatable bonds is 3. The Morgan fingerprint density at radius 3 is 2.85 bits per heavy atom. The van der Waals surface area contributed by atoms with Crippen LogP contribution in [0.1, 0.15) is 5.56 Å². The number of halogens is 2. The summed E-state index contributed by atoms with van der Waals surface area (Å²) in [5.74, 6) is 0. The van der Waals surface area contributed by atoms with Crippen LogP contribution in [-0.2, 0) is 6.42 Å². The Morgan fingerprint density at radius 1 is 1.62 bits per heavy atom. The lowest BCUT2D eigenvalue weighted by atomic mass is 10.1. The Bertz CT molecular complexity index is 317.